The van der Waals surface area contributed by atoms with Crippen molar-refractivity contribution in [3.05, 3.63) is 104 Å². The maximum absolute atomic E-state index is 13.0. The average molecular weight is 594 g/mol. The van der Waals surface area contributed by atoms with Gasteiger partial charge >= 0.3 is 5.97 Å². The van der Waals surface area contributed by atoms with Gasteiger partial charge in [0, 0.05) is 16.6 Å². The summed E-state index contributed by atoms with van der Waals surface area (Å²) in [6.07, 6.45) is 0. The van der Waals surface area contributed by atoms with Crippen LogP contribution >= 0.6 is 27.3 Å². The molecule has 0 aliphatic heterocycles. The molecular formula is C28H24BrN3O5S. The van der Waals surface area contributed by atoms with Gasteiger partial charge in [-0.15, -0.1) is 11.3 Å². The fraction of sp³-hybridized carbons (Fsp3) is 0.143. The van der Waals surface area contributed by atoms with Gasteiger partial charge in [-0.3, -0.25) is 14.4 Å². The SMILES string of the molecule is C[C@@H](NC(=O)c1ccc(C(=O)N[C@@H](CNC(=O)c2cccs2)C(=O)O)c(Br)c1)c1cccc2ccccc12. The second-order valence-electron chi connectivity index (χ2n) is 8.51. The van der Waals surface area contributed by atoms with E-state index in [1.807, 2.05) is 49.4 Å². The highest BCUT2D eigenvalue weighted by molar-refractivity contribution is 9.10. The van der Waals surface area contributed by atoms with Gasteiger partial charge in [0.15, 0.2) is 0 Å². The molecule has 1 heterocycles. The van der Waals surface area contributed by atoms with Crippen LogP contribution in [0, 0.1) is 0 Å². The van der Waals surface area contributed by atoms with Crippen molar-refractivity contribution in [2.24, 2.45) is 0 Å². The summed E-state index contributed by atoms with van der Waals surface area (Å²) in [7, 11) is 0. The molecule has 0 radical (unpaired) electrons. The van der Waals surface area contributed by atoms with E-state index >= 15 is 0 Å². The smallest absolute Gasteiger partial charge is 0.328 e. The van der Waals surface area contributed by atoms with Crippen molar-refractivity contribution in [1.82, 2.24) is 16.0 Å². The molecule has 0 saturated carbocycles. The summed E-state index contributed by atoms with van der Waals surface area (Å²) in [6, 6.07) is 20.0. The van der Waals surface area contributed by atoms with Gasteiger partial charge in [-0.25, -0.2) is 4.79 Å². The summed E-state index contributed by atoms with van der Waals surface area (Å²) < 4.78 is 0.326. The monoisotopic (exact) mass is 593 g/mol. The van der Waals surface area contributed by atoms with E-state index in [1.54, 1.807) is 17.5 Å². The Labute approximate surface area is 231 Å². The van der Waals surface area contributed by atoms with Gasteiger partial charge in [0.2, 0.25) is 0 Å². The van der Waals surface area contributed by atoms with Gasteiger partial charge in [-0.2, -0.15) is 0 Å². The number of aliphatic carboxylic acids is 1. The number of halogens is 1. The number of thiophene rings is 1. The Morgan fingerprint density at radius 1 is 0.895 bits per heavy atom. The van der Waals surface area contributed by atoms with Crippen molar-refractivity contribution in [3.8, 4) is 0 Å². The number of fused-ring (bicyclic) bond motifs is 1. The minimum Gasteiger partial charge on any atom is -0.480 e. The molecule has 10 heteroatoms. The summed E-state index contributed by atoms with van der Waals surface area (Å²) in [4.78, 5) is 50.0. The van der Waals surface area contributed by atoms with E-state index < -0.39 is 23.8 Å². The molecule has 0 fully saturated rings. The second kappa shape index (κ2) is 12.0. The van der Waals surface area contributed by atoms with Crippen LogP contribution in [-0.2, 0) is 4.79 Å². The van der Waals surface area contributed by atoms with Crippen molar-refractivity contribution in [3.63, 3.8) is 0 Å². The van der Waals surface area contributed by atoms with E-state index in [4.69, 9.17) is 0 Å². The molecule has 3 amide bonds. The van der Waals surface area contributed by atoms with Crippen LogP contribution in [-0.4, -0.2) is 41.4 Å². The van der Waals surface area contributed by atoms with E-state index in [-0.39, 0.29) is 24.1 Å². The van der Waals surface area contributed by atoms with Crippen molar-refractivity contribution >= 4 is 61.7 Å². The maximum Gasteiger partial charge on any atom is 0.328 e. The molecule has 3 aromatic carbocycles. The van der Waals surface area contributed by atoms with Gasteiger partial charge in [0.05, 0.1) is 16.5 Å². The van der Waals surface area contributed by atoms with Crippen LogP contribution < -0.4 is 16.0 Å². The number of carboxylic acids is 1. The van der Waals surface area contributed by atoms with Crippen LogP contribution in [0.15, 0.2) is 82.6 Å². The zero-order chi connectivity index (χ0) is 27.2. The first-order chi connectivity index (χ1) is 18.2. The standard InChI is InChI=1S/C28H24BrN3O5S/c1-16(19-9-4-7-17-6-2-3-8-20(17)19)31-25(33)18-11-12-21(22(29)14-18)26(34)32-23(28(36)37)15-30-27(35)24-10-5-13-38-24/h2-14,16,23H,15H2,1H3,(H,30,35)(H,31,33)(H,32,34)(H,36,37)/t16-,23+/m1/s1. The van der Waals surface area contributed by atoms with Crippen molar-refractivity contribution < 1.29 is 24.3 Å². The van der Waals surface area contributed by atoms with Crippen LogP contribution in [0.5, 0.6) is 0 Å². The predicted molar refractivity (Wildman–Crippen MR) is 150 cm³/mol. The number of carboxylic acid groups (broad SMARTS) is 1. The molecule has 4 N–H and O–H groups in total. The summed E-state index contributed by atoms with van der Waals surface area (Å²) in [5.41, 5.74) is 1.47. The summed E-state index contributed by atoms with van der Waals surface area (Å²) in [5, 5.41) is 21.3. The Morgan fingerprint density at radius 2 is 1.66 bits per heavy atom. The van der Waals surface area contributed by atoms with Gasteiger partial charge in [-0.05, 0) is 68.8 Å². The minimum atomic E-state index is -1.34. The molecular weight excluding hydrogens is 570 g/mol. The van der Waals surface area contributed by atoms with E-state index in [2.05, 4.69) is 31.9 Å². The Bertz CT molecular complexity index is 1500. The maximum atomic E-state index is 13.0. The van der Waals surface area contributed by atoms with Crippen LogP contribution in [0.3, 0.4) is 0 Å². The zero-order valence-electron chi connectivity index (χ0n) is 20.2. The van der Waals surface area contributed by atoms with Crippen LogP contribution in [0.25, 0.3) is 10.8 Å². The third kappa shape index (κ3) is 6.27. The van der Waals surface area contributed by atoms with Gasteiger partial charge in [0.25, 0.3) is 17.7 Å². The first kappa shape index (κ1) is 27.0. The first-order valence-electron chi connectivity index (χ1n) is 11.7. The normalized spacial score (nSPS) is 12.4. The predicted octanol–water partition coefficient (Wildman–Crippen LogP) is 4.77. The van der Waals surface area contributed by atoms with Crippen LogP contribution in [0.2, 0.25) is 0 Å². The molecule has 0 bridgehead atoms. The fourth-order valence-electron chi connectivity index (χ4n) is 3.95. The van der Waals surface area contributed by atoms with E-state index in [9.17, 15) is 24.3 Å². The molecule has 38 heavy (non-hydrogen) atoms. The highest BCUT2D eigenvalue weighted by atomic mass is 79.9. The molecule has 1 aromatic heterocycles. The molecule has 8 nitrogen and oxygen atoms in total. The number of hydrogen-bond acceptors (Lipinski definition) is 5. The van der Waals surface area contributed by atoms with Crippen LogP contribution in [0.4, 0.5) is 0 Å². The summed E-state index contributed by atoms with van der Waals surface area (Å²) in [5.74, 6) is -2.70. The molecule has 0 aliphatic carbocycles. The summed E-state index contributed by atoms with van der Waals surface area (Å²) in [6.45, 7) is 1.61. The third-order valence-electron chi connectivity index (χ3n) is 5.93. The number of rotatable bonds is 9. The van der Waals surface area contributed by atoms with Crippen molar-refractivity contribution in [2.75, 3.05) is 6.54 Å². The third-order valence-corrected chi connectivity index (χ3v) is 7.45. The molecule has 4 aromatic rings. The largest absolute Gasteiger partial charge is 0.480 e. The van der Waals surface area contributed by atoms with E-state index in [0.29, 0.717) is 14.9 Å². The van der Waals surface area contributed by atoms with E-state index in [1.165, 1.54) is 29.5 Å². The molecule has 0 aliphatic rings. The topological polar surface area (TPSA) is 125 Å². The number of carbonyl (C=O) groups excluding carboxylic acids is 3. The highest BCUT2D eigenvalue weighted by Gasteiger charge is 2.24. The molecule has 0 unspecified atom stereocenters. The Kier molecular flexibility index (Phi) is 8.55. The Morgan fingerprint density at radius 3 is 2.37 bits per heavy atom. The lowest BCUT2D eigenvalue weighted by Gasteiger charge is -2.18. The minimum absolute atomic E-state index is 0.152. The molecule has 2 atom stereocenters. The van der Waals surface area contributed by atoms with Crippen molar-refractivity contribution in [1.29, 1.82) is 0 Å². The molecule has 4 rings (SSSR count). The number of carbonyl (C=O) groups is 4. The molecule has 0 spiro atoms. The number of hydrogen-bond donors (Lipinski definition) is 4. The summed E-state index contributed by atoms with van der Waals surface area (Å²) >= 11 is 4.54. The van der Waals surface area contributed by atoms with Gasteiger partial charge < -0.3 is 21.1 Å². The number of nitrogens with one attached hydrogen (secondary N) is 3. The lowest BCUT2D eigenvalue weighted by atomic mass is 9.99. The van der Waals surface area contributed by atoms with Gasteiger partial charge in [-0.1, -0.05) is 48.5 Å². The highest BCUT2D eigenvalue weighted by Crippen LogP contribution is 2.25. The van der Waals surface area contributed by atoms with Crippen LogP contribution in [0.1, 0.15) is 48.9 Å². The fourth-order valence-corrected chi connectivity index (χ4v) is 5.15. The number of amides is 3. The number of benzene rings is 3. The first-order valence-corrected chi connectivity index (χ1v) is 13.4. The average Bonchev–Trinajstić information content (AvgIpc) is 3.45. The lowest BCUT2D eigenvalue weighted by molar-refractivity contribution is -0.139. The Hall–Kier alpha value is -4.02. The second-order valence-corrected chi connectivity index (χ2v) is 10.3. The van der Waals surface area contributed by atoms with Crippen molar-refractivity contribution in [2.45, 2.75) is 19.0 Å². The lowest BCUT2D eigenvalue weighted by Crippen LogP contribution is -2.48. The molecule has 0 saturated heterocycles. The van der Waals surface area contributed by atoms with E-state index in [0.717, 1.165) is 16.3 Å². The van der Waals surface area contributed by atoms with Gasteiger partial charge in [0.1, 0.15) is 6.04 Å². The molecule has 194 valence electrons. The zero-order valence-corrected chi connectivity index (χ0v) is 22.6. The quantitative estimate of drug-likeness (QED) is 0.222. The Balaban J connectivity index is 1.41.